The predicted octanol–water partition coefficient (Wildman–Crippen LogP) is 1.75. The summed E-state index contributed by atoms with van der Waals surface area (Å²) in [6, 6.07) is 3.21. The third-order valence-electron chi connectivity index (χ3n) is 4.41. The lowest BCUT2D eigenvalue weighted by atomic mass is 9.77. The van der Waals surface area contributed by atoms with Crippen LogP contribution in [0.2, 0.25) is 0 Å². The SMILES string of the molecule is CCOC(=O)c1cc(B2OC(C)(C)C(C)(C)O2)c(N)cc1OC. The fourth-order valence-corrected chi connectivity index (χ4v) is 2.32. The Hall–Kier alpha value is -1.73. The molecule has 1 saturated heterocycles. The highest BCUT2D eigenvalue weighted by Crippen LogP contribution is 2.37. The summed E-state index contributed by atoms with van der Waals surface area (Å²) in [5.74, 6) is -0.108. The van der Waals surface area contributed by atoms with Crippen LogP contribution in [0.25, 0.3) is 0 Å². The zero-order valence-corrected chi connectivity index (χ0v) is 14.6. The van der Waals surface area contributed by atoms with Crippen molar-refractivity contribution in [2.24, 2.45) is 0 Å². The van der Waals surface area contributed by atoms with Crippen molar-refractivity contribution < 1.29 is 23.6 Å². The van der Waals surface area contributed by atoms with Gasteiger partial charge in [-0.3, -0.25) is 0 Å². The molecule has 6 nitrogen and oxygen atoms in total. The standard InChI is InChI=1S/C16H24BNO5/c1-7-21-14(19)10-8-11(12(18)9-13(10)20-6)17-22-15(2,3)16(4,5)23-17/h8-9H,7,18H2,1-6H3. The second-order valence-corrected chi connectivity index (χ2v) is 6.49. The van der Waals surface area contributed by atoms with Crippen LogP contribution in [0, 0.1) is 0 Å². The van der Waals surface area contributed by atoms with Crippen molar-refractivity contribution in [3.63, 3.8) is 0 Å². The fraction of sp³-hybridized carbons (Fsp3) is 0.562. The summed E-state index contributed by atoms with van der Waals surface area (Å²) in [6.45, 7) is 9.85. The molecule has 0 spiro atoms. The number of benzene rings is 1. The van der Waals surface area contributed by atoms with Crippen LogP contribution >= 0.6 is 0 Å². The van der Waals surface area contributed by atoms with Crippen LogP contribution in [0.5, 0.6) is 5.75 Å². The number of ether oxygens (including phenoxy) is 2. The number of anilines is 1. The van der Waals surface area contributed by atoms with Gasteiger partial charge in [0.1, 0.15) is 11.3 Å². The Bertz CT molecular complexity index is 599. The third-order valence-corrected chi connectivity index (χ3v) is 4.41. The van der Waals surface area contributed by atoms with Gasteiger partial charge >= 0.3 is 13.1 Å². The number of nitrogens with two attached hydrogens (primary N) is 1. The van der Waals surface area contributed by atoms with Gasteiger partial charge in [0.2, 0.25) is 0 Å². The molecular weight excluding hydrogens is 297 g/mol. The zero-order chi connectivity index (χ0) is 17.4. The van der Waals surface area contributed by atoms with E-state index in [1.807, 2.05) is 27.7 Å². The monoisotopic (exact) mass is 321 g/mol. The zero-order valence-electron chi connectivity index (χ0n) is 14.6. The normalized spacial score (nSPS) is 18.8. The average Bonchev–Trinajstić information content (AvgIpc) is 2.66. The van der Waals surface area contributed by atoms with E-state index < -0.39 is 24.3 Å². The first kappa shape index (κ1) is 17.6. The topological polar surface area (TPSA) is 80.0 Å². The minimum Gasteiger partial charge on any atom is -0.496 e. The van der Waals surface area contributed by atoms with Crippen molar-refractivity contribution in [2.75, 3.05) is 19.5 Å². The van der Waals surface area contributed by atoms with E-state index in [0.717, 1.165) is 0 Å². The number of hydrogen-bond donors (Lipinski definition) is 1. The van der Waals surface area contributed by atoms with Gasteiger partial charge in [-0.05, 0) is 40.7 Å². The molecule has 1 fully saturated rings. The Morgan fingerprint density at radius 2 is 1.78 bits per heavy atom. The molecule has 0 aromatic heterocycles. The summed E-state index contributed by atoms with van der Waals surface area (Å²) >= 11 is 0. The minimum atomic E-state index is -0.654. The smallest absolute Gasteiger partial charge is 0.496 e. The van der Waals surface area contributed by atoms with Gasteiger partial charge in [0.25, 0.3) is 0 Å². The molecule has 1 aromatic carbocycles. The molecule has 1 heterocycles. The summed E-state index contributed by atoms with van der Waals surface area (Å²) in [7, 11) is 0.825. The van der Waals surface area contributed by atoms with Crippen molar-refractivity contribution in [3.8, 4) is 5.75 Å². The Kier molecular flexibility index (Phi) is 4.64. The van der Waals surface area contributed by atoms with Crippen molar-refractivity contribution in [1.29, 1.82) is 0 Å². The van der Waals surface area contributed by atoms with Crippen LogP contribution < -0.4 is 15.9 Å². The molecule has 23 heavy (non-hydrogen) atoms. The van der Waals surface area contributed by atoms with Crippen LogP contribution in [-0.4, -0.2) is 38.0 Å². The van der Waals surface area contributed by atoms with Crippen molar-refractivity contribution >= 4 is 24.2 Å². The largest absolute Gasteiger partial charge is 0.496 e. The second-order valence-electron chi connectivity index (χ2n) is 6.49. The maximum absolute atomic E-state index is 12.1. The molecule has 1 aromatic rings. The lowest BCUT2D eigenvalue weighted by molar-refractivity contribution is 0.00578. The molecule has 2 rings (SSSR count). The highest BCUT2D eigenvalue weighted by Gasteiger charge is 2.52. The van der Waals surface area contributed by atoms with E-state index in [4.69, 9.17) is 24.5 Å². The Morgan fingerprint density at radius 3 is 2.26 bits per heavy atom. The highest BCUT2D eigenvalue weighted by atomic mass is 16.7. The average molecular weight is 321 g/mol. The Balaban J connectivity index is 2.44. The first-order valence-electron chi connectivity index (χ1n) is 7.63. The number of carbonyl (C=O) groups excluding carboxylic acids is 1. The Labute approximate surface area is 137 Å². The number of nitrogen functional groups attached to an aromatic ring is 1. The van der Waals surface area contributed by atoms with E-state index in [1.165, 1.54) is 7.11 Å². The number of carbonyl (C=O) groups is 1. The summed E-state index contributed by atoms with van der Waals surface area (Å²) < 4.78 is 22.3. The molecule has 0 amide bonds. The molecule has 0 bridgehead atoms. The molecule has 126 valence electrons. The maximum atomic E-state index is 12.1. The number of esters is 1. The molecule has 2 N–H and O–H groups in total. The third kappa shape index (κ3) is 3.16. The quantitative estimate of drug-likeness (QED) is 0.517. The molecule has 7 heteroatoms. The van der Waals surface area contributed by atoms with E-state index in [-0.39, 0.29) is 6.61 Å². The van der Waals surface area contributed by atoms with Crippen LogP contribution in [0.15, 0.2) is 12.1 Å². The lowest BCUT2D eigenvalue weighted by Gasteiger charge is -2.32. The van der Waals surface area contributed by atoms with Crippen LogP contribution in [0.1, 0.15) is 45.0 Å². The maximum Gasteiger partial charge on any atom is 0.496 e. The van der Waals surface area contributed by atoms with Gasteiger partial charge in [0, 0.05) is 17.2 Å². The molecule has 0 radical (unpaired) electrons. The van der Waals surface area contributed by atoms with Crippen LogP contribution in [0.4, 0.5) is 5.69 Å². The van der Waals surface area contributed by atoms with Gasteiger partial charge in [0.15, 0.2) is 0 Å². The van der Waals surface area contributed by atoms with E-state index in [2.05, 4.69) is 0 Å². The molecule has 0 aliphatic carbocycles. The van der Waals surface area contributed by atoms with E-state index in [0.29, 0.717) is 22.5 Å². The Morgan fingerprint density at radius 1 is 1.22 bits per heavy atom. The number of rotatable bonds is 4. The number of hydrogen-bond acceptors (Lipinski definition) is 6. The van der Waals surface area contributed by atoms with Gasteiger partial charge in [-0.2, -0.15) is 0 Å². The van der Waals surface area contributed by atoms with Crippen molar-refractivity contribution in [2.45, 2.75) is 45.8 Å². The van der Waals surface area contributed by atoms with Crippen molar-refractivity contribution in [1.82, 2.24) is 0 Å². The van der Waals surface area contributed by atoms with Crippen molar-refractivity contribution in [3.05, 3.63) is 17.7 Å². The summed E-state index contributed by atoms with van der Waals surface area (Å²) in [5, 5.41) is 0. The first-order chi connectivity index (χ1) is 10.6. The molecule has 0 unspecified atom stereocenters. The van der Waals surface area contributed by atoms with Crippen LogP contribution in [0.3, 0.4) is 0 Å². The first-order valence-corrected chi connectivity index (χ1v) is 7.63. The van der Waals surface area contributed by atoms with Crippen LogP contribution in [-0.2, 0) is 14.0 Å². The van der Waals surface area contributed by atoms with Gasteiger partial charge in [-0.25, -0.2) is 4.79 Å². The fourth-order valence-electron chi connectivity index (χ4n) is 2.32. The van der Waals surface area contributed by atoms with E-state index in [9.17, 15) is 4.79 Å². The molecule has 1 aliphatic rings. The summed E-state index contributed by atoms with van der Waals surface area (Å²) in [5.41, 5.74) is 6.45. The molecule has 1 aliphatic heterocycles. The van der Waals surface area contributed by atoms with Gasteiger partial charge in [-0.15, -0.1) is 0 Å². The lowest BCUT2D eigenvalue weighted by Crippen LogP contribution is -2.41. The summed E-state index contributed by atoms with van der Waals surface area (Å²) in [6.07, 6.45) is 0. The minimum absolute atomic E-state index is 0.276. The van der Waals surface area contributed by atoms with Gasteiger partial charge in [-0.1, -0.05) is 0 Å². The van der Waals surface area contributed by atoms with Gasteiger partial charge in [0.05, 0.1) is 24.9 Å². The van der Waals surface area contributed by atoms with Gasteiger partial charge < -0.3 is 24.5 Å². The molecule has 0 atom stereocenters. The number of methoxy groups -OCH3 is 1. The predicted molar refractivity (Wildman–Crippen MR) is 89.1 cm³/mol. The van der Waals surface area contributed by atoms with E-state index in [1.54, 1.807) is 19.1 Å². The second kappa shape index (κ2) is 6.05. The van der Waals surface area contributed by atoms with E-state index >= 15 is 0 Å². The molecule has 0 saturated carbocycles. The highest BCUT2D eigenvalue weighted by molar-refractivity contribution is 6.64. The molecular formula is C16H24BNO5. The summed E-state index contributed by atoms with van der Waals surface area (Å²) in [4.78, 5) is 12.1.